The van der Waals surface area contributed by atoms with Crippen molar-refractivity contribution in [2.24, 2.45) is 5.92 Å². The maximum absolute atomic E-state index is 12.2. The molecule has 4 rings (SSSR count). The first-order valence-electron chi connectivity index (χ1n) is 9.38. The lowest BCUT2D eigenvalue weighted by Crippen LogP contribution is -2.35. The molecule has 1 aliphatic carbocycles. The second-order valence-corrected chi connectivity index (χ2v) is 7.21. The molecule has 6 nitrogen and oxygen atoms in total. The zero-order chi connectivity index (χ0) is 17.9. The van der Waals surface area contributed by atoms with Crippen molar-refractivity contribution in [2.45, 2.75) is 32.2 Å². The first-order valence-corrected chi connectivity index (χ1v) is 9.38. The van der Waals surface area contributed by atoms with Gasteiger partial charge in [-0.3, -0.25) is 14.3 Å². The van der Waals surface area contributed by atoms with Crippen LogP contribution < -0.4 is 5.32 Å². The van der Waals surface area contributed by atoms with Gasteiger partial charge in [0.1, 0.15) is 0 Å². The summed E-state index contributed by atoms with van der Waals surface area (Å²) in [5.41, 5.74) is 2.77. The number of rotatable bonds is 7. The zero-order valence-corrected chi connectivity index (χ0v) is 14.9. The second kappa shape index (κ2) is 7.32. The molecule has 0 unspecified atom stereocenters. The van der Waals surface area contributed by atoms with Crippen molar-refractivity contribution >= 4 is 11.8 Å². The number of hydrogen-bond donors (Lipinski definition) is 1. The summed E-state index contributed by atoms with van der Waals surface area (Å²) in [5.74, 6) is 0.878. The van der Waals surface area contributed by atoms with Gasteiger partial charge in [-0.15, -0.1) is 0 Å². The Labute approximate surface area is 153 Å². The van der Waals surface area contributed by atoms with Gasteiger partial charge in [-0.05, 0) is 42.9 Å². The van der Waals surface area contributed by atoms with Crippen LogP contribution in [-0.4, -0.2) is 46.1 Å². The summed E-state index contributed by atoms with van der Waals surface area (Å²) in [6, 6.07) is 7.59. The topological polar surface area (TPSA) is 67.2 Å². The molecule has 2 aromatic rings. The second-order valence-electron chi connectivity index (χ2n) is 7.21. The van der Waals surface area contributed by atoms with Crippen molar-refractivity contribution in [3.63, 3.8) is 0 Å². The van der Waals surface area contributed by atoms with E-state index in [1.165, 1.54) is 12.8 Å². The summed E-state index contributed by atoms with van der Waals surface area (Å²) in [7, 11) is 0. The first kappa shape index (κ1) is 16.8. The number of carbonyl (C=O) groups is 2. The fourth-order valence-electron chi connectivity index (χ4n) is 3.34. The van der Waals surface area contributed by atoms with Crippen molar-refractivity contribution in [3.05, 3.63) is 42.2 Å². The van der Waals surface area contributed by atoms with E-state index in [2.05, 4.69) is 16.6 Å². The van der Waals surface area contributed by atoms with E-state index in [0.717, 1.165) is 36.6 Å². The van der Waals surface area contributed by atoms with Crippen LogP contribution >= 0.6 is 0 Å². The Morgan fingerprint density at radius 2 is 2.00 bits per heavy atom. The van der Waals surface area contributed by atoms with Crippen LogP contribution in [0.3, 0.4) is 0 Å². The van der Waals surface area contributed by atoms with Gasteiger partial charge in [-0.2, -0.15) is 5.10 Å². The minimum Gasteiger partial charge on any atom is -0.350 e. The van der Waals surface area contributed by atoms with Crippen LogP contribution in [0.2, 0.25) is 0 Å². The van der Waals surface area contributed by atoms with Gasteiger partial charge in [-0.1, -0.05) is 12.1 Å². The van der Waals surface area contributed by atoms with Crippen LogP contribution in [0.4, 0.5) is 0 Å². The molecule has 2 aliphatic rings. The highest BCUT2D eigenvalue weighted by Gasteiger charge is 2.22. The van der Waals surface area contributed by atoms with Gasteiger partial charge >= 0.3 is 0 Å². The highest BCUT2D eigenvalue weighted by atomic mass is 16.2. The van der Waals surface area contributed by atoms with Gasteiger partial charge in [0.15, 0.2) is 0 Å². The molecule has 0 radical (unpaired) electrons. The summed E-state index contributed by atoms with van der Waals surface area (Å²) in [5, 5.41) is 7.31. The predicted octanol–water partition coefficient (Wildman–Crippen LogP) is 2.31. The number of hydrogen-bond acceptors (Lipinski definition) is 3. The summed E-state index contributed by atoms with van der Waals surface area (Å²) in [4.78, 5) is 25.6. The van der Waals surface area contributed by atoms with Gasteiger partial charge in [0, 0.05) is 49.9 Å². The molecule has 1 aromatic carbocycles. The maximum Gasteiger partial charge on any atom is 0.251 e. The lowest BCUT2D eigenvalue weighted by atomic mass is 10.1. The number of carbonyl (C=O) groups excluding carboxylic acids is 2. The van der Waals surface area contributed by atoms with E-state index < -0.39 is 0 Å². The summed E-state index contributed by atoms with van der Waals surface area (Å²) in [6.07, 6.45) is 8.12. The van der Waals surface area contributed by atoms with Crippen molar-refractivity contribution in [3.8, 4) is 11.1 Å². The summed E-state index contributed by atoms with van der Waals surface area (Å²) in [6.45, 7) is 2.88. The van der Waals surface area contributed by atoms with Crippen LogP contribution in [0.15, 0.2) is 36.7 Å². The number of benzene rings is 1. The molecule has 26 heavy (non-hydrogen) atoms. The Hall–Kier alpha value is -2.63. The average molecular weight is 352 g/mol. The van der Waals surface area contributed by atoms with E-state index in [1.54, 1.807) is 0 Å². The quantitative estimate of drug-likeness (QED) is 0.831. The Morgan fingerprint density at radius 3 is 2.69 bits per heavy atom. The third kappa shape index (κ3) is 3.95. The number of aromatic nitrogens is 2. The lowest BCUT2D eigenvalue weighted by Gasteiger charge is -2.15. The third-order valence-electron chi connectivity index (χ3n) is 5.09. The van der Waals surface area contributed by atoms with Gasteiger partial charge in [0.05, 0.1) is 6.20 Å². The molecule has 0 atom stereocenters. The Kier molecular flexibility index (Phi) is 4.73. The van der Waals surface area contributed by atoms with Crippen molar-refractivity contribution in [1.82, 2.24) is 20.0 Å². The molecule has 1 saturated carbocycles. The van der Waals surface area contributed by atoms with Gasteiger partial charge < -0.3 is 10.2 Å². The van der Waals surface area contributed by atoms with Gasteiger partial charge in [0.25, 0.3) is 5.91 Å². The van der Waals surface area contributed by atoms with Crippen LogP contribution in [0.5, 0.6) is 0 Å². The number of nitrogens with one attached hydrogen (secondary N) is 1. The molecule has 2 heterocycles. The number of amides is 2. The molecular weight excluding hydrogens is 328 g/mol. The number of likely N-dealkylation sites (tertiary alicyclic amines) is 1. The normalized spacial score (nSPS) is 16.9. The van der Waals surface area contributed by atoms with Crippen molar-refractivity contribution < 1.29 is 9.59 Å². The fourth-order valence-corrected chi connectivity index (χ4v) is 3.34. The standard InChI is InChI=1S/C20H24N4O2/c25-19-2-1-10-23(19)11-9-21-20(26)17-7-5-16(6-8-17)18-12-22-24(14-18)13-15-3-4-15/h5-8,12,14-15H,1-4,9-11,13H2,(H,21,26). The lowest BCUT2D eigenvalue weighted by molar-refractivity contribution is -0.127. The Bertz CT molecular complexity index is 792. The molecule has 1 aromatic heterocycles. The third-order valence-corrected chi connectivity index (χ3v) is 5.09. The van der Waals surface area contributed by atoms with Crippen LogP contribution in [-0.2, 0) is 11.3 Å². The van der Waals surface area contributed by atoms with Crippen molar-refractivity contribution in [1.29, 1.82) is 0 Å². The zero-order valence-electron chi connectivity index (χ0n) is 14.9. The maximum atomic E-state index is 12.2. The van der Waals surface area contributed by atoms with E-state index in [1.807, 2.05) is 40.0 Å². The molecule has 0 spiro atoms. The largest absolute Gasteiger partial charge is 0.350 e. The summed E-state index contributed by atoms with van der Waals surface area (Å²) < 4.78 is 2.01. The highest BCUT2D eigenvalue weighted by Crippen LogP contribution is 2.31. The molecule has 1 N–H and O–H groups in total. The monoisotopic (exact) mass is 352 g/mol. The van der Waals surface area contributed by atoms with Gasteiger partial charge in [0.2, 0.25) is 5.91 Å². The van der Waals surface area contributed by atoms with E-state index in [9.17, 15) is 9.59 Å². The minimum absolute atomic E-state index is 0.104. The Balaban J connectivity index is 1.30. The van der Waals surface area contributed by atoms with Gasteiger partial charge in [-0.25, -0.2) is 0 Å². The minimum atomic E-state index is -0.104. The molecule has 2 fully saturated rings. The first-order chi connectivity index (χ1) is 12.7. The van der Waals surface area contributed by atoms with E-state index in [-0.39, 0.29) is 11.8 Å². The SMILES string of the molecule is O=C(NCCN1CCCC1=O)c1ccc(-c2cnn(CC3CC3)c2)cc1. The fraction of sp³-hybridized carbons (Fsp3) is 0.450. The molecule has 1 aliphatic heterocycles. The molecule has 2 amide bonds. The van der Waals surface area contributed by atoms with E-state index in [0.29, 0.717) is 25.1 Å². The average Bonchev–Trinajstić information content (AvgIpc) is 3.18. The molecule has 6 heteroatoms. The highest BCUT2D eigenvalue weighted by molar-refractivity contribution is 5.94. The predicted molar refractivity (Wildman–Crippen MR) is 98.5 cm³/mol. The van der Waals surface area contributed by atoms with E-state index >= 15 is 0 Å². The van der Waals surface area contributed by atoms with Crippen molar-refractivity contribution in [2.75, 3.05) is 19.6 Å². The van der Waals surface area contributed by atoms with Crippen LogP contribution in [0.25, 0.3) is 11.1 Å². The Morgan fingerprint density at radius 1 is 1.19 bits per heavy atom. The smallest absolute Gasteiger partial charge is 0.251 e. The molecular formula is C20H24N4O2. The van der Waals surface area contributed by atoms with E-state index in [4.69, 9.17) is 0 Å². The summed E-state index contributed by atoms with van der Waals surface area (Å²) >= 11 is 0. The molecule has 136 valence electrons. The molecule has 1 saturated heterocycles. The number of nitrogens with zero attached hydrogens (tertiary/aromatic N) is 3. The molecule has 0 bridgehead atoms. The van der Waals surface area contributed by atoms with Crippen LogP contribution in [0, 0.1) is 5.92 Å². The van der Waals surface area contributed by atoms with Crippen LogP contribution in [0.1, 0.15) is 36.0 Å².